The summed E-state index contributed by atoms with van der Waals surface area (Å²) in [5, 5.41) is 0. The van der Waals surface area contributed by atoms with Crippen LogP contribution in [0.2, 0.25) is 0 Å². The second-order valence-corrected chi connectivity index (χ2v) is 6.65. The molecule has 0 aromatic heterocycles. The number of hydrogen-bond acceptors (Lipinski definition) is 0. The minimum atomic E-state index is 0.528. The van der Waals surface area contributed by atoms with Crippen molar-refractivity contribution in [1.29, 1.82) is 0 Å². The summed E-state index contributed by atoms with van der Waals surface area (Å²) in [4.78, 5) is 0. The zero-order valence-electron chi connectivity index (χ0n) is 10.8. The maximum absolute atomic E-state index is 2.43. The molecule has 0 aliphatic heterocycles. The molecule has 2 atom stereocenters. The van der Waals surface area contributed by atoms with Crippen LogP contribution in [0.1, 0.15) is 66.7 Å². The lowest BCUT2D eigenvalue weighted by molar-refractivity contribution is 0.0928. The summed E-state index contributed by atoms with van der Waals surface area (Å²) in [6.45, 7) is 12.0. The van der Waals surface area contributed by atoms with Crippen LogP contribution in [-0.4, -0.2) is 0 Å². The predicted molar refractivity (Wildman–Crippen MR) is 64.4 cm³/mol. The lowest BCUT2D eigenvalue weighted by atomic mass is 9.64. The van der Waals surface area contributed by atoms with Crippen LogP contribution >= 0.6 is 0 Å². The largest absolute Gasteiger partial charge is 0.0628 e. The number of rotatable bonds is 2. The summed E-state index contributed by atoms with van der Waals surface area (Å²) in [5.41, 5.74) is 0.528. The third-order valence-corrected chi connectivity index (χ3v) is 3.80. The molecule has 14 heavy (non-hydrogen) atoms. The average molecular weight is 196 g/mol. The summed E-state index contributed by atoms with van der Waals surface area (Å²) < 4.78 is 0. The van der Waals surface area contributed by atoms with Gasteiger partial charge in [-0.25, -0.2) is 0 Å². The van der Waals surface area contributed by atoms with E-state index in [4.69, 9.17) is 0 Å². The van der Waals surface area contributed by atoms with Crippen molar-refractivity contribution in [2.45, 2.75) is 66.7 Å². The van der Waals surface area contributed by atoms with Gasteiger partial charge in [0.05, 0.1) is 0 Å². The molecule has 0 spiro atoms. The quantitative estimate of drug-likeness (QED) is 0.590. The molecular weight excluding hydrogens is 168 g/mol. The number of hydrogen-bond donors (Lipinski definition) is 0. The van der Waals surface area contributed by atoms with E-state index in [0.29, 0.717) is 5.41 Å². The molecule has 0 heteroatoms. The fraction of sp³-hybridized carbons (Fsp3) is 1.00. The van der Waals surface area contributed by atoms with E-state index < -0.39 is 0 Å². The van der Waals surface area contributed by atoms with Gasteiger partial charge in [0.2, 0.25) is 0 Å². The van der Waals surface area contributed by atoms with Gasteiger partial charge in [0.15, 0.2) is 0 Å². The molecule has 0 nitrogen and oxygen atoms in total. The van der Waals surface area contributed by atoms with Crippen LogP contribution in [0.3, 0.4) is 0 Å². The topological polar surface area (TPSA) is 0 Å². The van der Waals surface area contributed by atoms with Crippen molar-refractivity contribution in [3.63, 3.8) is 0 Å². The molecule has 0 aromatic rings. The van der Waals surface area contributed by atoms with Gasteiger partial charge in [0.1, 0.15) is 0 Å². The molecule has 0 radical (unpaired) electrons. The highest BCUT2D eigenvalue weighted by Crippen LogP contribution is 2.44. The van der Waals surface area contributed by atoms with E-state index in [1.807, 2.05) is 0 Å². The van der Waals surface area contributed by atoms with E-state index in [9.17, 15) is 0 Å². The Morgan fingerprint density at radius 3 is 2.14 bits per heavy atom. The van der Waals surface area contributed by atoms with Crippen molar-refractivity contribution in [2.24, 2.45) is 23.2 Å². The van der Waals surface area contributed by atoms with Crippen molar-refractivity contribution >= 4 is 0 Å². The molecular formula is C14H28. The second-order valence-electron chi connectivity index (χ2n) is 6.65. The lowest BCUT2D eigenvalue weighted by Crippen LogP contribution is -2.31. The second kappa shape index (κ2) is 4.68. The molecule has 84 valence electrons. The van der Waals surface area contributed by atoms with Gasteiger partial charge in [0.25, 0.3) is 0 Å². The Balaban J connectivity index is 2.59. The summed E-state index contributed by atoms with van der Waals surface area (Å²) in [6.07, 6.45) is 7.35. The van der Waals surface area contributed by atoms with Crippen LogP contribution in [0.15, 0.2) is 0 Å². The summed E-state index contributed by atoms with van der Waals surface area (Å²) in [7, 11) is 0. The highest BCUT2D eigenvalue weighted by molar-refractivity contribution is 4.84. The van der Waals surface area contributed by atoms with Gasteiger partial charge in [-0.2, -0.15) is 0 Å². The van der Waals surface area contributed by atoms with E-state index in [0.717, 1.165) is 17.8 Å². The molecule has 0 heterocycles. The minimum absolute atomic E-state index is 0.528. The van der Waals surface area contributed by atoms with E-state index in [1.165, 1.54) is 32.1 Å². The van der Waals surface area contributed by atoms with Crippen molar-refractivity contribution in [3.05, 3.63) is 0 Å². The molecule has 1 fully saturated rings. The summed E-state index contributed by atoms with van der Waals surface area (Å²) >= 11 is 0. The third kappa shape index (κ3) is 3.29. The van der Waals surface area contributed by atoms with Crippen molar-refractivity contribution < 1.29 is 0 Å². The Morgan fingerprint density at radius 1 is 1.07 bits per heavy atom. The standard InChI is InChI=1S/C14H28/c1-11(2)10-12-8-6-7-9-13(12)14(3,4)5/h11-13H,6-10H2,1-5H3. The zero-order chi connectivity index (χ0) is 10.8. The fourth-order valence-electron chi connectivity index (χ4n) is 3.24. The van der Waals surface area contributed by atoms with Crippen molar-refractivity contribution in [2.75, 3.05) is 0 Å². The van der Waals surface area contributed by atoms with E-state index >= 15 is 0 Å². The lowest BCUT2D eigenvalue weighted by Gasteiger charge is -2.41. The fourth-order valence-corrected chi connectivity index (χ4v) is 3.24. The minimum Gasteiger partial charge on any atom is -0.0628 e. The zero-order valence-corrected chi connectivity index (χ0v) is 10.8. The van der Waals surface area contributed by atoms with Gasteiger partial charge in [-0.3, -0.25) is 0 Å². The average Bonchev–Trinajstić information content (AvgIpc) is 2.01. The van der Waals surface area contributed by atoms with E-state index in [1.54, 1.807) is 0 Å². The monoisotopic (exact) mass is 196 g/mol. The first-order valence-corrected chi connectivity index (χ1v) is 6.41. The highest BCUT2D eigenvalue weighted by atomic mass is 14.4. The molecule has 0 aromatic carbocycles. The normalized spacial score (nSPS) is 29.6. The van der Waals surface area contributed by atoms with Crippen LogP contribution in [0.25, 0.3) is 0 Å². The Bertz CT molecular complexity index is 161. The van der Waals surface area contributed by atoms with Gasteiger partial charge in [0, 0.05) is 0 Å². The first-order valence-electron chi connectivity index (χ1n) is 6.41. The van der Waals surface area contributed by atoms with E-state index in [2.05, 4.69) is 34.6 Å². The van der Waals surface area contributed by atoms with Crippen LogP contribution in [-0.2, 0) is 0 Å². The highest BCUT2D eigenvalue weighted by Gasteiger charge is 2.33. The van der Waals surface area contributed by atoms with Gasteiger partial charge in [-0.15, -0.1) is 0 Å². The molecule has 1 aliphatic rings. The van der Waals surface area contributed by atoms with Crippen LogP contribution in [0.4, 0.5) is 0 Å². The summed E-state index contributed by atoms with van der Waals surface area (Å²) in [5.74, 6) is 2.85. The van der Waals surface area contributed by atoms with Gasteiger partial charge in [-0.1, -0.05) is 53.9 Å². The Kier molecular flexibility index (Phi) is 4.04. The first kappa shape index (κ1) is 12.1. The van der Waals surface area contributed by atoms with Gasteiger partial charge in [-0.05, 0) is 36.0 Å². The van der Waals surface area contributed by atoms with Crippen LogP contribution < -0.4 is 0 Å². The third-order valence-electron chi connectivity index (χ3n) is 3.80. The molecule has 0 amide bonds. The molecule has 1 aliphatic carbocycles. The molecule has 2 unspecified atom stereocenters. The molecule has 1 rings (SSSR count). The van der Waals surface area contributed by atoms with E-state index in [-0.39, 0.29) is 0 Å². The first-order chi connectivity index (χ1) is 6.41. The molecule has 0 bridgehead atoms. The summed E-state index contributed by atoms with van der Waals surface area (Å²) in [6, 6.07) is 0. The Labute approximate surface area is 90.5 Å². The van der Waals surface area contributed by atoms with Crippen LogP contribution in [0.5, 0.6) is 0 Å². The van der Waals surface area contributed by atoms with Crippen LogP contribution in [0, 0.1) is 23.2 Å². The predicted octanol–water partition coefficient (Wildman–Crippen LogP) is 4.89. The maximum Gasteiger partial charge on any atom is -0.0337 e. The van der Waals surface area contributed by atoms with Crippen molar-refractivity contribution in [3.8, 4) is 0 Å². The smallest absolute Gasteiger partial charge is 0.0337 e. The molecule has 1 saturated carbocycles. The SMILES string of the molecule is CC(C)CC1CCCCC1C(C)(C)C. The van der Waals surface area contributed by atoms with Gasteiger partial charge < -0.3 is 0 Å². The molecule has 0 saturated heterocycles. The van der Waals surface area contributed by atoms with Crippen molar-refractivity contribution in [1.82, 2.24) is 0 Å². The van der Waals surface area contributed by atoms with Gasteiger partial charge >= 0.3 is 0 Å². The maximum atomic E-state index is 2.43. The molecule has 0 N–H and O–H groups in total. The Hall–Kier alpha value is 0. The Morgan fingerprint density at radius 2 is 1.64 bits per heavy atom.